The summed E-state index contributed by atoms with van der Waals surface area (Å²) < 4.78 is 14.3. The van der Waals surface area contributed by atoms with Crippen molar-refractivity contribution in [2.45, 2.75) is 22.4 Å². The number of halogens is 1. The third-order valence-electron chi connectivity index (χ3n) is 3.00. The van der Waals surface area contributed by atoms with Crippen molar-refractivity contribution in [1.29, 1.82) is 0 Å². The third kappa shape index (κ3) is 2.74. The number of rotatable bonds is 2. The van der Waals surface area contributed by atoms with Gasteiger partial charge in [0, 0.05) is 6.54 Å². The summed E-state index contributed by atoms with van der Waals surface area (Å²) in [6, 6.07) is 7.98. The zero-order valence-corrected chi connectivity index (χ0v) is 12.2. The minimum absolute atomic E-state index is 0. The van der Waals surface area contributed by atoms with Gasteiger partial charge in [0.1, 0.15) is 0 Å². The predicted octanol–water partition coefficient (Wildman–Crippen LogP) is 2.58. The molecule has 1 aromatic carbocycles. The van der Waals surface area contributed by atoms with E-state index in [0.717, 1.165) is 40.5 Å². The Morgan fingerprint density at radius 3 is 2.94 bits per heavy atom. The van der Waals surface area contributed by atoms with Crippen molar-refractivity contribution in [1.82, 2.24) is 10.3 Å². The number of nitrogens with one attached hydrogen (secondary N) is 1. The maximum atomic E-state index is 12.4. The maximum absolute atomic E-state index is 12.4. The first-order valence-corrected chi connectivity index (χ1v) is 7.84. The van der Waals surface area contributed by atoms with Crippen LogP contribution in [0.3, 0.4) is 0 Å². The molecule has 3 rings (SSSR count). The molecule has 2 unspecified atom stereocenters. The highest BCUT2D eigenvalue weighted by Gasteiger charge is 2.23. The average Bonchev–Trinajstić information content (AvgIpc) is 2.82. The van der Waals surface area contributed by atoms with Crippen molar-refractivity contribution in [2.75, 3.05) is 13.1 Å². The standard InChI is InChI=1S/C12H14N2OS2.ClH/c15-17(9-4-3-7-13-8-9)12-14-10-5-1-2-6-11(10)16-12;/h1-2,5-6,9,13H,3-4,7-8H2;1H. The highest BCUT2D eigenvalue weighted by molar-refractivity contribution is 7.88. The summed E-state index contributed by atoms with van der Waals surface area (Å²) in [5.74, 6) is 0. The Balaban J connectivity index is 0.00000120. The molecule has 0 radical (unpaired) electrons. The van der Waals surface area contributed by atoms with E-state index in [-0.39, 0.29) is 17.7 Å². The van der Waals surface area contributed by atoms with Gasteiger partial charge in [0.05, 0.1) is 26.3 Å². The van der Waals surface area contributed by atoms with Crippen molar-refractivity contribution in [2.24, 2.45) is 0 Å². The smallest absolute Gasteiger partial charge is 0.182 e. The fourth-order valence-corrected chi connectivity index (χ4v) is 4.91. The molecule has 1 saturated heterocycles. The average molecular weight is 303 g/mol. The lowest BCUT2D eigenvalue weighted by molar-refractivity contribution is 0.519. The van der Waals surface area contributed by atoms with Crippen LogP contribution in [-0.4, -0.2) is 27.5 Å². The first-order valence-electron chi connectivity index (χ1n) is 5.81. The summed E-state index contributed by atoms with van der Waals surface area (Å²) >= 11 is 1.56. The maximum Gasteiger partial charge on any atom is 0.182 e. The Hall–Kier alpha value is -0.490. The van der Waals surface area contributed by atoms with Crippen LogP contribution in [-0.2, 0) is 10.8 Å². The van der Waals surface area contributed by atoms with Gasteiger partial charge in [0.15, 0.2) is 4.34 Å². The highest BCUT2D eigenvalue weighted by atomic mass is 35.5. The number of fused-ring (bicyclic) bond motifs is 1. The third-order valence-corrected chi connectivity index (χ3v) is 6.02. The molecule has 1 aromatic heterocycles. The van der Waals surface area contributed by atoms with Gasteiger partial charge in [-0.2, -0.15) is 0 Å². The van der Waals surface area contributed by atoms with E-state index in [1.165, 1.54) is 0 Å². The fourth-order valence-electron chi connectivity index (χ4n) is 2.08. The van der Waals surface area contributed by atoms with Crippen molar-refractivity contribution in [3.05, 3.63) is 24.3 Å². The van der Waals surface area contributed by atoms with E-state index in [4.69, 9.17) is 0 Å². The van der Waals surface area contributed by atoms with Crippen LogP contribution in [0.15, 0.2) is 28.6 Å². The molecule has 0 amide bonds. The van der Waals surface area contributed by atoms with Gasteiger partial charge < -0.3 is 5.32 Å². The van der Waals surface area contributed by atoms with Crippen LogP contribution in [0.4, 0.5) is 0 Å². The molecule has 98 valence electrons. The van der Waals surface area contributed by atoms with Crippen molar-refractivity contribution >= 4 is 44.8 Å². The molecule has 18 heavy (non-hydrogen) atoms. The molecule has 2 atom stereocenters. The van der Waals surface area contributed by atoms with Gasteiger partial charge in [-0.15, -0.1) is 23.7 Å². The van der Waals surface area contributed by atoms with E-state index in [2.05, 4.69) is 10.3 Å². The molecule has 2 heterocycles. The van der Waals surface area contributed by atoms with Crippen LogP contribution < -0.4 is 5.32 Å². The van der Waals surface area contributed by atoms with Crippen LogP contribution in [0.2, 0.25) is 0 Å². The molecule has 6 heteroatoms. The Labute approximate surface area is 119 Å². The largest absolute Gasteiger partial charge is 0.316 e. The van der Waals surface area contributed by atoms with Gasteiger partial charge in [0.2, 0.25) is 0 Å². The van der Waals surface area contributed by atoms with Gasteiger partial charge in [0.25, 0.3) is 0 Å². The Bertz CT molecular complexity index is 519. The van der Waals surface area contributed by atoms with Crippen LogP contribution in [0.25, 0.3) is 10.2 Å². The van der Waals surface area contributed by atoms with Crippen molar-refractivity contribution in [3.63, 3.8) is 0 Å². The molecular formula is C12H15ClN2OS2. The van der Waals surface area contributed by atoms with E-state index in [0.29, 0.717) is 0 Å². The second-order valence-corrected chi connectivity index (χ2v) is 7.15. The van der Waals surface area contributed by atoms with E-state index < -0.39 is 10.8 Å². The second-order valence-electron chi connectivity index (χ2n) is 4.21. The van der Waals surface area contributed by atoms with E-state index in [1.807, 2.05) is 24.3 Å². The lowest BCUT2D eigenvalue weighted by atomic mass is 10.2. The SMILES string of the molecule is Cl.O=S(c1nc2ccccc2s1)C1CCCNC1. The predicted molar refractivity (Wildman–Crippen MR) is 79.2 cm³/mol. The highest BCUT2D eigenvalue weighted by Crippen LogP contribution is 2.26. The monoisotopic (exact) mass is 302 g/mol. The molecule has 1 N–H and O–H groups in total. The van der Waals surface area contributed by atoms with Crippen molar-refractivity contribution in [3.8, 4) is 0 Å². The van der Waals surface area contributed by atoms with Crippen LogP contribution in [0.5, 0.6) is 0 Å². The Kier molecular flexibility index (Phi) is 4.72. The molecule has 0 spiro atoms. The number of nitrogens with zero attached hydrogens (tertiary/aromatic N) is 1. The molecule has 3 nitrogen and oxygen atoms in total. The normalized spacial score (nSPS) is 21.4. The Morgan fingerprint density at radius 1 is 1.39 bits per heavy atom. The molecule has 1 fully saturated rings. The minimum Gasteiger partial charge on any atom is -0.316 e. The van der Waals surface area contributed by atoms with Crippen LogP contribution in [0, 0.1) is 0 Å². The molecule has 0 bridgehead atoms. The van der Waals surface area contributed by atoms with E-state index in [9.17, 15) is 4.21 Å². The van der Waals surface area contributed by atoms with E-state index in [1.54, 1.807) is 11.3 Å². The quantitative estimate of drug-likeness (QED) is 0.927. The van der Waals surface area contributed by atoms with Gasteiger partial charge in [-0.3, -0.25) is 4.21 Å². The number of para-hydroxylation sites is 1. The van der Waals surface area contributed by atoms with Crippen LogP contribution >= 0.6 is 23.7 Å². The fraction of sp³-hybridized carbons (Fsp3) is 0.417. The molecule has 0 saturated carbocycles. The molecule has 0 aliphatic carbocycles. The zero-order chi connectivity index (χ0) is 11.7. The number of piperidine rings is 1. The van der Waals surface area contributed by atoms with Crippen molar-refractivity contribution < 1.29 is 4.21 Å². The number of hydrogen-bond acceptors (Lipinski definition) is 4. The first-order chi connectivity index (χ1) is 8.34. The molecular weight excluding hydrogens is 288 g/mol. The minimum atomic E-state index is -0.958. The molecule has 1 aliphatic heterocycles. The van der Waals surface area contributed by atoms with Gasteiger partial charge in [-0.05, 0) is 31.5 Å². The van der Waals surface area contributed by atoms with Gasteiger partial charge >= 0.3 is 0 Å². The lowest BCUT2D eigenvalue weighted by Crippen LogP contribution is -2.36. The first kappa shape index (κ1) is 13.9. The number of aromatic nitrogens is 1. The molecule has 2 aromatic rings. The number of benzene rings is 1. The van der Waals surface area contributed by atoms with E-state index >= 15 is 0 Å². The van der Waals surface area contributed by atoms with Crippen LogP contribution in [0.1, 0.15) is 12.8 Å². The summed E-state index contributed by atoms with van der Waals surface area (Å²) in [4.78, 5) is 4.48. The topological polar surface area (TPSA) is 42.0 Å². The van der Waals surface area contributed by atoms with Gasteiger partial charge in [-0.25, -0.2) is 4.98 Å². The molecule has 1 aliphatic rings. The van der Waals surface area contributed by atoms with Gasteiger partial charge in [-0.1, -0.05) is 12.1 Å². The summed E-state index contributed by atoms with van der Waals surface area (Å²) in [7, 11) is -0.958. The Morgan fingerprint density at radius 2 is 2.22 bits per heavy atom. The second kappa shape index (κ2) is 6.10. The lowest BCUT2D eigenvalue weighted by Gasteiger charge is -2.20. The zero-order valence-electron chi connectivity index (χ0n) is 9.80. The summed E-state index contributed by atoms with van der Waals surface area (Å²) in [6.07, 6.45) is 2.15. The number of hydrogen-bond donors (Lipinski definition) is 1. The number of thiazole rings is 1. The summed E-state index contributed by atoms with van der Waals surface area (Å²) in [6.45, 7) is 1.90. The summed E-state index contributed by atoms with van der Waals surface area (Å²) in [5.41, 5.74) is 0.963. The summed E-state index contributed by atoms with van der Waals surface area (Å²) in [5, 5.41) is 3.53.